The predicted octanol–water partition coefficient (Wildman–Crippen LogP) is -3.84. The van der Waals surface area contributed by atoms with E-state index in [1.54, 1.807) is 0 Å². The Morgan fingerprint density at radius 3 is 1.21 bits per heavy atom. The second kappa shape index (κ2) is 18.0. The van der Waals surface area contributed by atoms with Gasteiger partial charge < -0.3 is 30.6 Å². The summed E-state index contributed by atoms with van der Waals surface area (Å²) >= 11 is 0. The van der Waals surface area contributed by atoms with E-state index in [0.29, 0.717) is 0 Å². The Hall–Kier alpha value is -0.864. The molecule has 78 valence electrons. The van der Waals surface area contributed by atoms with Gasteiger partial charge in [0.1, 0.15) is 0 Å². The molecule has 0 amide bonds. The summed E-state index contributed by atoms with van der Waals surface area (Å²) in [6.45, 7) is 1.67. The molecule has 0 saturated carbocycles. The fraction of sp³-hybridized carbons (Fsp3) is 0.500. The standard InChI is InChI=1S/C2H5NO2.2C2H4O2.Mg/c3-1-2(4)5;2*1-2(3)4;/h1,3H2,(H,4,5);2*1H3,(H,3,4);/q;;;+2/p-2. The minimum absolute atomic E-state index is 0. The number of aliphatic carboxylic acids is 3. The maximum Gasteiger partial charge on any atom is 2.00 e. The summed E-state index contributed by atoms with van der Waals surface area (Å²) in [7, 11) is 0. The summed E-state index contributed by atoms with van der Waals surface area (Å²) in [5.41, 5.74) is 4.57. The number of hydrogen-bond acceptors (Lipinski definition) is 6. The van der Waals surface area contributed by atoms with E-state index in [0.717, 1.165) is 13.8 Å². The monoisotopic (exact) mass is 217 g/mol. The number of nitrogens with two attached hydrogens (primary N) is 1. The molecular weight excluding hydrogens is 206 g/mol. The fourth-order valence-corrected chi connectivity index (χ4v) is 0. The van der Waals surface area contributed by atoms with Crippen molar-refractivity contribution in [2.45, 2.75) is 13.8 Å². The Labute approximate surface area is 97.1 Å². The van der Waals surface area contributed by atoms with E-state index in [-0.39, 0.29) is 29.6 Å². The third-order valence-corrected chi connectivity index (χ3v) is 0.175. The van der Waals surface area contributed by atoms with Gasteiger partial charge in [0.2, 0.25) is 0 Å². The van der Waals surface area contributed by atoms with E-state index in [4.69, 9.17) is 24.9 Å². The molecule has 0 unspecified atom stereocenters. The van der Waals surface area contributed by atoms with E-state index >= 15 is 0 Å². The van der Waals surface area contributed by atoms with Crippen LogP contribution in [0, 0.1) is 0 Å². The number of carbonyl (C=O) groups is 3. The van der Waals surface area contributed by atoms with E-state index in [9.17, 15) is 4.79 Å². The van der Waals surface area contributed by atoms with Gasteiger partial charge in [-0.15, -0.1) is 0 Å². The maximum atomic E-state index is 9.24. The van der Waals surface area contributed by atoms with E-state index < -0.39 is 17.9 Å². The Balaban J connectivity index is -0.0000000522. The summed E-state index contributed by atoms with van der Waals surface area (Å²) in [5.74, 6) is -3.13. The van der Waals surface area contributed by atoms with Gasteiger partial charge in [-0.1, -0.05) is 0 Å². The zero-order valence-corrected chi connectivity index (χ0v) is 9.39. The first-order chi connectivity index (χ1) is 5.73. The minimum atomic E-state index is -1.08. The molecule has 0 aromatic rings. The molecule has 0 fully saturated rings. The molecule has 0 aliphatic rings. The summed E-state index contributed by atoms with van der Waals surface area (Å²) in [6.07, 6.45) is 0. The third-order valence-electron chi connectivity index (χ3n) is 0.175. The predicted molar refractivity (Wildman–Crippen MR) is 43.8 cm³/mol. The largest absolute Gasteiger partial charge is 2.00 e. The van der Waals surface area contributed by atoms with Gasteiger partial charge in [0, 0.05) is 11.9 Å². The minimum Gasteiger partial charge on any atom is -0.550 e. The van der Waals surface area contributed by atoms with Crippen molar-refractivity contribution in [3.05, 3.63) is 0 Å². The summed E-state index contributed by atoms with van der Waals surface area (Å²) in [4.78, 5) is 27.0. The van der Waals surface area contributed by atoms with Crippen LogP contribution in [0.5, 0.6) is 0 Å². The van der Waals surface area contributed by atoms with Crippen molar-refractivity contribution in [2.75, 3.05) is 6.54 Å². The van der Waals surface area contributed by atoms with Crippen LogP contribution in [0.1, 0.15) is 13.8 Å². The van der Waals surface area contributed by atoms with Crippen LogP contribution < -0.4 is 15.9 Å². The summed E-state index contributed by atoms with van der Waals surface area (Å²) in [5, 5.41) is 25.4. The van der Waals surface area contributed by atoms with Crippen LogP contribution in [0.2, 0.25) is 0 Å². The van der Waals surface area contributed by atoms with Crippen LogP contribution in [0.25, 0.3) is 0 Å². The smallest absolute Gasteiger partial charge is 0.550 e. The molecule has 0 aromatic heterocycles. The van der Waals surface area contributed by atoms with Gasteiger partial charge in [0.15, 0.2) is 0 Å². The second-order valence-corrected chi connectivity index (χ2v) is 1.58. The van der Waals surface area contributed by atoms with Crippen LogP contribution in [0.15, 0.2) is 0 Å². The SMILES string of the molecule is CC(=O)[O-].CC(=O)[O-].NCC(=O)O.[Mg+2]. The molecule has 0 spiro atoms. The van der Waals surface area contributed by atoms with Crippen molar-refractivity contribution in [1.29, 1.82) is 0 Å². The van der Waals surface area contributed by atoms with Crippen LogP contribution in [0.4, 0.5) is 0 Å². The van der Waals surface area contributed by atoms with Crippen LogP contribution in [-0.4, -0.2) is 52.6 Å². The molecule has 7 nitrogen and oxygen atoms in total. The van der Waals surface area contributed by atoms with Crippen LogP contribution >= 0.6 is 0 Å². The van der Waals surface area contributed by atoms with Gasteiger partial charge >= 0.3 is 29.0 Å². The van der Waals surface area contributed by atoms with Crippen molar-refractivity contribution in [3.8, 4) is 0 Å². The fourth-order valence-electron chi connectivity index (χ4n) is 0. The molecule has 0 aliphatic carbocycles. The molecule has 14 heavy (non-hydrogen) atoms. The van der Waals surface area contributed by atoms with Crippen molar-refractivity contribution in [2.24, 2.45) is 5.73 Å². The van der Waals surface area contributed by atoms with E-state index in [1.807, 2.05) is 0 Å². The number of carboxylic acid groups (broad SMARTS) is 3. The first-order valence-electron chi connectivity index (χ1n) is 3.01. The van der Waals surface area contributed by atoms with Gasteiger partial charge in [0.05, 0.1) is 6.54 Å². The molecule has 0 rings (SSSR count). The van der Waals surface area contributed by atoms with Gasteiger partial charge in [-0.2, -0.15) is 0 Å². The van der Waals surface area contributed by atoms with Crippen molar-refractivity contribution < 1.29 is 29.7 Å². The quantitative estimate of drug-likeness (QED) is 0.428. The molecule has 0 atom stereocenters. The van der Waals surface area contributed by atoms with E-state index in [2.05, 4.69) is 5.73 Å². The zero-order chi connectivity index (χ0) is 11.4. The number of rotatable bonds is 1. The first-order valence-corrected chi connectivity index (χ1v) is 3.01. The molecule has 3 N–H and O–H groups in total. The number of carbonyl (C=O) groups excluding carboxylic acids is 2. The molecule has 0 heterocycles. The molecule has 0 bridgehead atoms. The second-order valence-electron chi connectivity index (χ2n) is 1.58. The Morgan fingerprint density at radius 1 is 1.14 bits per heavy atom. The van der Waals surface area contributed by atoms with Crippen LogP contribution in [0.3, 0.4) is 0 Å². The van der Waals surface area contributed by atoms with Gasteiger partial charge in [-0.05, 0) is 13.8 Å². The average Bonchev–Trinajstić information content (AvgIpc) is 1.84. The normalized spacial score (nSPS) is 6.21. The molecule has 0 radical (unpaired) electrons. The van der Waals surface area contributed by atoms with Crippen LogP contribution in [-0.2, 0) is 14.4 Å². The van der Waals surface area contributed by atoms with Gasteiger partial charge in [0.25, 0.3) is 0 Å². The average molecular weight is 217 g/mol. The van der Waals surface area contributed by atoms with Crippen molar-refractivity contribution >= 4 is 41.0 Å². The summed E-state index contributed by atoms with van der Waals surface area (Å²) < 4.78 is 0. The topological polar surface area (TPSA) is 144 Å². The molecule has 8 heteroatoms. The zero-order valence-electron chi connectivity index (χ0n) is 7.98. The molecule has 0 aromatic carbocycles. The molecule has 0 aliphatic heterocycles. The van der Waals surface area contributed by atoms with Gasteiger partial charge in [-0.25, -0.2) is 0 Å². The molecule has 0 saturated heterocycles. The van der Waals surface area contributed by atoms with Gasteiger partial charge in [-0.3, -0.25) is 4.79 Å². The Kier molecular flexibility index (Phi) is 29.9. The Bertz CT molecular complexity index is 152. The molecular formula is C6H11MgNO6. The number of hydrogen-bond donors (Lipinski definition) is 2. The summed E-state index contributed by atoms with van der Waals surface area (Å²) in [6, 6.07) is 0. The third kappa shape index (κ3) is 886. The first kappa shape index (κ1) is 23.2. The maximum absolute atomic E-state index is 9.24. The van der Waals surface area contributed by atoms with Crippen molar-refractivity contribution in [1.82, 2.24) is 0 Å². The van der Waals surface area contributed by atoms with Crippen molar-refractivity contribution in [3.63, 3.8) is 0 Å². The Morgan fingerprint density at radius 2 is 1.21 bits per heavy atom. The van der Waals surface area contributed by atoms with E-state index in [1.165, 1.54) is 0 Å². The number of carboxylic acids is 3.